The van der Waals surface area contributed by atoms with Gasteiger partial charge in [-0.2, -0.15) is 5.26 Å². The second kappa shape index (κ2) is 12.4. The van der Waals surface area contributed by atoms with E-state index in [9.17, 15) is 27.6 Å². The van der Waals surface area contributed by atoms with Gasteiger partial charge in [0.2, 0.25) is 11.8 Å². The lowest BCUT2D eigenvalue weighted by atomic mass is 9.88. The average molecular weight is 551 g/mol. The summed E-state index contributed by atoms with van der Waals surface area (Å²) < 4.78 is 39.2. The fraction of sp³-hybridized carbons (Fsp3) is 0.286. The third-order valence-electron chi connectivity index (χ3n) is 6.38. The number of amides is 2. The first kappa shape index (κ1) is 28.2. The standard InChI is InChI=1S/C17H16F3N3O.C11H9N3O2/c18-12-6-13(10-21-9-12)22-15(11-4-2-1-3-5-11)16(24)23-14-7-17(19,20)8-14;12-6-8-3-4-13-10(5-8)14-9(7-15)1-2-11(14)16/h1-6,9-10,14-15,22H,7-8H2,(H,23,24);3-5,7,9H,1-2H2/t15-;9-/m00/s1. The summed E-state index contributed by atoms with van der Waals surface area (Å²) >= 11 is 0. The Labute approximate surface area is 228 Å². The first-order chi connectivity index (χ1) is 19.2. The Bertz CT molecular complexity index is 1410. The third-order valence-corrected chi connectivity index (χ3v) is 6.38. The molecule has 206 valence electrons. The highest BCUT2D eigenvalue weighted by atomic mass is 19.3. The van der Waals surface area contributed by atoms with Crippen molar-refractivity contribution >= 4 is 29.6 Å². The van der Waals surface area contributed by atoms with Crippen LogP contribution in [0.3, 0.4) is 0 Å². The minimum absolute atomic E-state index is 0.125. The number of alkyl halides is 2. The number of aldehydes is 1. The van der Waals surface area contributed by atoms with Crippen molar-refractivity contribution < 1.29 is 27.6 Å². The minimum Gasteiger partial charge on any atom is -0.369 e. The van der Waals surface area contributed by atoms with Crippen molar-refractivity contribution in [1.82, 2.24) is 15.3 Å². The van der Waals surface area contributed by atoms with E-state index in [0.717, 1.165) is 12.5 Å². The van der Waals surface area contributed by atoms with Crippen LogP contribution in [0.25, 0.3) is 0 Å². The molecule has 2 amide bonds. The highest BCUT2D eigenvalue weighted by Gasteiger charge is 2.46. The van der Waals surface area contributed by atoms with Gasteiger partial charge in [-0.15, -0.1) is 0 Å². The summed E-state index contributed by atoms with van der Waals surface area (Å²) in [5.41, 5.74) is 1.40. The summed E-state index contributed by atoms with van der Waals surface area (Å²) in [6.07, 6.45) is 4.79. The van der Waals surface area contributed by atoms with E-state index in [-0.39, 0.29) is 18.7 Å². The minimum atomic E-state index is -2.71. The van der Waals surface area contributed by atoms with Gasteiger partial charge in [-0.05, 0) is 24.1 Å². The van der Waals surface area contributed by atoms with Gasteiger partial charge in [-0.1, -0.05) is 30.3 Å². The smallest absolute Gasteiger partial charge is 0.252 e. The Morgan fingerprint density at radius 2 is 1.93 bits per heavy atom. The van der Waals surface area contributed by atoms with Crippen molar-refractivity contribution in [2.45, 2.75) is 49.7 Å². The Balaban J connectivity index is 0.000000201. The summed E-state index contributed by atoms with van der Waals surface area (Å²) in [7, 11) is 0. The van der Waals surface area contributed by atoms with Crippen molar-refractivity contribution in [3.63, 3.8) is 0 Å². The fourth-order valence-electron chi connectivity index (χ4n) is 4.40. The van der Waals surface area contributed by atoms with E-state index >= 15 is 0 Å². The fourth-order valence-corrected chi connectivity index (χ4v) is 4.40. The summed E-state index contributed by atoms with van der Waals surface area (Å²) in [4.78, 5) is 44.0. The maximum Gasteiger partial charge on any atom is 0.252 e. The molecule has 1 aliphatic heterocycles. The molecule has 0 radical (unpaired) electrons. The molecule has 5 rings (SSSR count). The van der Waals surface area contributed by atoms with Crippen LogP contribution in [0.4, 0.5) is 24.7 Å². The molecule has 1 saturated heterocycles. The van der Waals surface area contributed by atoms with Crippen LogP contribution in [0.1, 0.15) is 42.9 Å². The molecule has 2 fully saturated rings. The molecule has 40 heavy (non-hydrogen) atoms. The predicted molar refractivity (Wildman–Crippen MR) is 139 cm³/mol. The molecule has 2 atom stereocenters. The van der Waals surface area contributed by atoms with Crippen LogP contribution in [0.2, 0.25) is 0 Å². The zero-order valence-electron chi connectivity index (χ0n) is 21.1. The molecule has 1 saturated carbocycles. The van der Waals surface area contributed by atoms with Crippen molar-refractivity contribution in [3.05, 3.63) is 84.1 Å². The number of benzene rings is 1. The molecule has 3 heterocycles. The lowest BCUT2D eigenvalue weighted by molar-refractivity contribution is -0.130. The topological polar surface area (TPSA) is 128 Å². The second-order valence-corrected chi connectivity index (χ2v) is 9.37. The largest absolute Gasteiger partial charge is 0.369 e. The van der Waals surface area contributed by atoms with E-state index in [1.807, 2.05) is 6.07 Å². The Kier molecular flexibility index (Phi) is 8.73. The first-order valence-electron chi connectivity index (χ1n) is 12.4. The summed E-state index contributed by atoms with van der Waals surface area (Å²) in [6.45, 7) is 0. The highest BCUT2D eigenvalue weighted by Crippen LogP contribution is 2.37. The van der Waals surface area contributed by atoms with Gasteiger partial charge >= 0.3 is 0 Å². The van der Waals surface area contributed by atoms with Crippen molar-refractivity contribution in [1.29, 1.82) is 5.26 Å². The molecule has 0 bridgehead atoms. The number of nitrogens with one attached hydrogen (secondary N) is 2. The summed E-state index contributed by atoms with van der Waals surface area (Å²) in [6, 6.07) is 13.2. The Morgan fingerprint density at radius 3 is 2.58 bits per heavy atom. The number of hydrogen-bond acceptors (Lipinski definition) is 7. The monoisotopic (exact) mass is 550 g/mol. The van der Waals surface area contributed by atoms with Crippen LogP contribution in [0, 0.1) is 17.1 Å². The van der Waals surface area contributed by atoms with Crippen molar-refractivity contribution in [2.75, 3.05) is 10.2 Å². The highest BCUT2D eigenvalue weighted by molar-refractivity contribution is 5.99. The Hall–Kier alpha value is -4.79. The van der Waals surface area contributed by atoms with Gasteiger partial charge in [0.1, 0.15) is 24.0 Å². The maximum absolute atomic E-state index is 13.3. The van der Waals surface area contributed by atoms with Gasteiger partial charge in [0.05, 0.1) is 35.8 Å². The number of nitriles is 1. The van der Waals surface area contributed by atoms with Crippen LogP contribution >= 0.6 is 0 Å². The lowest BCUT2D eigenvalue weighted by Gasteiger charge is -2.36. The molecule has 1 aliphatic carbocycles. The van der Waals surface area contributed by atoms with Crippen LogP contribution in [0.15, 0.2) is 67.1 Å². The third kappa shape index (κ3) is 6.99. The molecule has 3 aromatic rings. The second-order valence-electron chi connectivity index (χ2n) is 9.37. The molecule has 2 aromatic heterocycles. The van der Waals surface area contributed by atoms with Crippen LogP contribution in [0.5, 0.6) is 0 Å². The molecule has 12 heteroatoms. The van der Waals surface area contributed by atoms with Crippen LogP contribution in [-0.4, -0.2) is 46.1 Å². The number of pyridine rings is 2. The predicted octanol–water partition coefficient (Wildman–Crippen LogP) is 3.94. The van der Waals surface area contributed by atoms with Gasteiger partial charge in [-0.3, -0.25) is 19.5 Å². The van der Waals surface area contributed by atoms with E-state index in [1.54, 1.807) is 36.4 Å². The molecule has 0 spiro atoms. The maximum atomic E-state index is 13.3. The van der Waals surface area contributed by atoms with Gasteiger partial charge in [0.25, 0.3) is 5.92 Å². The normalized spacial score (nSPS) is 18.4. The van der Waals surface area contributed by atoms with Crippen LogP contribution in [-0.2, 0) is 14.4 Å². The van der Waals surface area contributed by atoms with Crippen molar-refractivity contribution in [3.8, 4) is 6.07 Å². The number of carbonyl (C=O) groups excluding carboxylic acids is 3. The van der Waals surface area contributed by atoms with E-state index in [0.29, 0.717) is 35.5 Å². The zero-order chi connectivity index (χ0) is 28.7. The SMILES string of the molecule is N#Cc1ccnc(N2C(=O)CC[C@H]2C=O)c1.O=C(NC1CC(F)(F)C1)[C@@H](Nc1cncc(F)c1)c1ccccc1. The number of hydrogen-bond donors (Lipinski definition) is 2. The lowest BCUT2D eigenvalue weighted by Crippen LogP contribution is -2.52. The summed E-state index contributed by atoms with van der Waals surface area (Å²) in [5.74, 6) is -3.43. The average Bonchev–Trinajstić information content (AvgIpc) is 3.32. The van der Waals surface area contributed by atoms with E-state index in [2.05, 4.69) is 20.6 Å². The van der Waals surface area contributed by atoms with E-state index in [4.69, 9.17) is 5.26 Å². The molecule has 0 unspecified atom stereocenters. The van der Waals surface area contributed by atoms with Gasteiger partial charge in [-0.25, -0.2) is 18.2 Å². The molecule has 1 aromatic carbocycles. The number of rotatable bonds is 7. The molecular weight excluding hydrogens is 525 g/mol. The van der Waals surface area contributed by atoms with Gasteiger partial charge in [0, 0.05) is 37.6 Å². The number of anilines is 2. The molecule has 9 nitrogen and oxygen atoms in total. The van der Waals surface area contributed by atoms with Gasteiger partial charge in [0.15, 0.2) is 0 Å². The number of carbonyl (C=O) groups is 3. The number of aromatic nitrogens is 2. The number of halogens is 3. The van der Waals surface area contributed by atoms with Crippen molar-refractivity contribution in [2.24, 2.45) is 0 Å². The van der Waals surface area contributed by atoms with E-state index in [1.165, 1.54) is 29.4 Å². The van der Waals surface area contributed by atoms with Crippen LogP contribution < -0.4 is 15.5 Å². The molecule has 2 aliphatic rings. The zero-order valence-corrected chi connectivity index (χ0v) is 21.1. The number of nitrogens with zero attached hydrogens (tertiary/aromatic N) is 4. The molecule has 2 N–H and O–H groups in total. The molecular formula is C28H25F3N6O3. The van der Waals surface area contributed by atoms with E-state index < -0.39 is 35.8 Å². The summed E-state index contributed by atoms with van der Waals surface area (Å²) in [5, 5.41) is 14.3. The quantitative estimate of drug-likeness (QED) is 0.427. The first-order valence-corrected chi connectivity index (χ1v) is 12.4. The Morgan fingerprint density at radius 1 is 1.18 bits per heavy atom. The van der Waals surface area contributed by atoms with Gasteiger partial charge < -0.3 is 15.4 Å².